The lowest BCUT2D eigenvalue weighted by Crippen LogP contribution is -2.39. The van der Waals surface area contributed by atoms with Crippen LogP contribution in [0.25, 0.3) is 32.9 Å². The fraction of sp³-hybridized carbons (Fsp3) is 0.259. The van der Waals surface area contributed by atoms with Crippen LogP contribution in [0.4, 0.5) is 15.9 Å². The van der Waals surface area contributed by atoms with E-state index in [1.807, 2.05) is 25.3 Å². The second kappa shape index (κ2) is 9.72. The second-order valence-corrected chi connectivity index (χ2v) is 9.05. The van der Waals surface area contributed by atoms with E-state index < -0.39 is 5.82 Å². The van der Waals surface area contributed by atoms with Crippen molar-refractivity contribution in [3.8, 4) is 16.9 Å². The number of nitrogens with one attached hydrogen (secondary N) is 1. The molecule has 1 aliphatic heterocycles. The first-order chi connectivity index (χ1) is 18.1. The molecular formula is C27H25FN6O3. The highest BCUT2D eigenvalue weighted by atomic mass is 19.1. The lowest BCUT2D eigenvalue weighted by molar-refractivity contribution is -0.0773. The summed E-state index contributed by atoms with van der Waals surface area (Å²) in [5.74, 6) is 0.875. The molecule has 1 aliphatic rings. The number of aromatic nitrogens is 5. The van der Waals surface area contributed by atoms with Gasteiger partial charge in [-0.1, -0.05) is 0 Å². The minimum atomic E-state index is -0.410. The third kappa shape index (κ3) is 4.45. The molecular weight excluding hydrogens is 475 g/mol. The number of fused-ring (bicyclic) bond motifs is 2. The Balaban J connectivity index is 1.45. The van der Waals surface area contributed by atoms with Gasteiger partial charge in [-0.25, -0.2) is 14.4 Å². The Labute approximate surface area is 211 Å². The van der Waals surface area contributed by atoms with Crippen molar-refractivity contribution in [2.45, 2.75) is 19.6 Å². The number of hydrogen-bond acceptors (Lipinski definition) is 8. The van der Waals surface area contributed by atoms with Crippen LogP contribution >= 0.6 is 0 Å². The van der Waals surface area contributed by atoms with Crippen LogP contribution in [0.2, 0.25) is 0 Å². The first-order valence-corrected chi connectivity index (χ1v) is 12.1. The van der Waals surface area contributed by atoms with E-state index >= 15 is 4.39 Å². The molecule has 2 aromatic carbocycles. The summed E-state index contributed by atoms with van der Waals surface area (Å²) in [7, 11) is 0. The van der Waals surface area contributed by atoms with Crippen molar-refractivity contribution in [1.82, 2.24) is 24.7 Å². The zero-order valence-corrected chi connectivity index (χ0v) is 20.1. The van der Waals surface area contributed by atoms with E-state index in [9.17, 15) is 5.11 Å². The van der Waals surface area contributed by atoms with E-state index in [-0.39, 0.29) is 24.3 Å². The van der Waals surface area contributed by atoms with Gasteiger partial charge < -0.3 is 19.9 Å². The molecule has 1 saturated heterocycles. The molecule has 0 aliphatic carbocycles. The SMILES string of the molecule is C[C@@H](Oc1cc(-c2cnn(CCO)c2)cc2ncnc(Nc3ccc4ncccc4c3F)c12)C1COC1. The van der Waals surface area contributed by atoms with Gasteiger partial charge in [0.2, 0.25) is 0 Å². The van der Waals surface area contributed by atoms with Gasteiger partial charge in [-0.05, 0) is 48.9 Å². The van der Waals surface area contributed by atoms with Gasteiger partial charge in [0.1, 0.15) is 24.0 Å². The summed E-state index contributed by atoms with van der Waals surface area (Å²) in [6, 6.07) is 10.7. The van der Waals surface area contributed by atoms with Crippen molar-refractivity contribution >= 4 is 33.3 Å². The van der Waals surface area contributed by atoms with Gasteiger partial charge >= 0.3 is 0 Å². The summed E-state index contributed by atoms with van der Waals surface area (Å²) >= 11 is 0. The first kappa shape index (κ1) is 23.3. The number of ether oxygens (including phenoxy) is 2. The zero-order chi connectivity index (χ0) is 25.4. The third-order valence-electron chi connectivity index (χ3n) is 6.61. The highest BCUT2D eigenvalue weighted by molar-refractivity contribution is 5.99. The van der Waals surface area contributed by atoms with Gasteiger partial charge in [0.05, 0.1) is 54.7 Å². The van der Waals surface area contributed by atoms with Crippen molar-refractivity contribution in [2.24, 2.45) is 5.92 Å². The molecule has 188 valence electrons. The lowest BCUT2D eigenvalue weighted by Gasteiger charge is -2.32. The highest BCUT2D eigenvalue weighted by Gasteiger charge is 2.28. The Morgan fingerprint density at radius 1 is 1.16 bits per heavy atom. The third-order valence-corrected chi connectivity index (χ3v) is 6.61. The molecule has 6 rings (SSSR count). The normalized spacial score (nSPS) is 14.6. The minimum Gasteiger partial charge on any atom is -0.489 e. The molecule has 0 unspecified atom stereocenters. The Morgan fingerprint density at radius 2 is 2.05 bits per heavy atom. The predicted molar refractivity (Wildman–Crippen MR) is 137 cm³/mol. The Kier molecular flexibility index (Phi) is 6.11. The van der Waals surface area contributed by atoms with E-state index in [0.717, 1.165) is 11.1 Å². The predicted octanol–water partition coefficient (Wildman–Crippen LogP) is 4.33. The van der Waals surface area contributed by atoms with Gasteiger partial charge in [0.25, 0.3) is 0 Å². The standard InChI is InChI=1S/C27H25FN6O3/c1-16(19-13-36-14-19)37-24-10-17(18-11-32-34(12-18)7-8-35)9-23-25(24)27(31-15-30-23)33-22-5-4-21-20(26(22)28)3-2-6-29-21/h2-6,9-12,15-16,19,35H,7-8,13-14H2,1H3,(H,30,31,33)/t16-/m1/s1. The average Bonchev–Trinajstić information content (AvgIpc) is 3.34. The second-order valence-electron chi connectivity index (χ2n) is 9.05. The molecule has 1 fully saturated rings. The number of aliphatic hydroxyl groups excluding tert-OH is 1. The summed E-state index contributed by atoms with van der Waals surface area (Å²) < 4.78 is 28.8. The number of aliphatic hydroxyl groups is 1. The number of hydrogen-bond donors (Lipinski definition) is 2. The quantitative estimate of drug-likeness (QED) is 0.324. The van der Waals surface area contributed by atoms with Crippen molar-refractivity contribution < 1.29 is 19.0 Å². The zero-order valence-electron chi connectivity index (χ0n) is 20.1. The number of anilines is 2. The van der Waals surface area contributed by atoms with Crippen LogP contribution in [0, 0.1) is 11.7 Å². The topological polar surface area (TPSA) is 107 Å². The number of nitrogens with zero attached hydrogens (tertiary/aromatic N) is 5. The maximum Gasteiger partial charge on any atom is 0.156 e. The fourth-order valence-electron chi connectivity index (χ4n) is 4.41. The van der Waals surface area contributed by atoms with E-state index in [2.05, 4.69) is 25.4 Å². The molecule has 0 saturated carbocycles. The number of halogens is 1. The van der Waals surface area contributed by atoms with Crippen molar-refractivity contribution in [3.05, 3.63) is 67.1 Å². The summed E-state index contributed by atoms with van der Waals surface area (Å²) in [4.78, 5) is 13.2. The van der Waals surface area contributed by atoms with Crippen LogP contribution in [0.5, 0.6) is 5.75 Å². The van der Waals surface area contributed by atoms with E-state index in [1.165, 1.54) is 6.33 Å². The molecule has 37 heavy (non-hydrogen) atoms. The number of pyridine rings is 1. The number of rotatable bonds is 8. The maximum absolute atomic E-state index is 15.4. The fourth-order valence-corrected chi connectivity index (χ4v) is 4.41. The number of benzene rings is 2. The Morgan fingerprint density at radius 3 is 2.86 bits per heavy atom. The summed E-state index contributed by atoms with van der Waals surface area (Å²) in [5.41, 5.74) is 3.21. The van der Waals surface area contributed by atoms with Gasteiger partial charge in [-0.15, -0.1) is 0 Å². The molecule has 4 heterocycles. The van der Waals surface area contributed by atoms with Gasteiger partial charge in [0, 0.05) is 29.3 Å². The van der Waals surface area contributed by atoms with Crippen molar-refractivity contribution in [1.29, 1.82) is 0 Å². The van der Waals surface area contributed by atoms with Crippen LogP contribution in [0.3, 0.4) is 0 Å². The molecule has 0 amide bonds. The van der Waals surface area contributed by atoms with Crippen LogP contribution < -0.4 is 10.1 Å². The summed E-state index contributed by atoms with van der Waals surface area (Å²) in [6.07, 6.45) is 6.57. The molecule has 1 atom stereocenters. The van der Waals surface area contributed by atoms with Crippen LogP contribution in [-0.2, 0) is 11.3 Å². The highest BCUT2D eigenvalue weighted by Crippen LogP contribution is 2.38. The average molecular weight is 501 g/mol. The molecule has 0 spiro atoms. The lowest BCUT2D eigenvalue weighted by atomic mass is 10.0. The maximum atomic E-state index is 15.4. The van der Waals surface area contributed by atoms with Crippen LogP contribution in [0.1, 0.15) is 6.92 Å². The monoisotopic (exact) mass is 500 g/mol. The molecule has 0 radical (unpaired) electrons. The molecule has 0 bridgehead atoms. The minimum absolute atomic E-state index is 0.00216. The Hall–Kier alpha value is -4.15. The first-order valence-electron chi connectivity index (χ1n) is 12.1. The Bertz CT molecular complexity index is 1590. The van der Waals surface area contributed by atoms with E-state index in [1.54, 1.807) is 41.3 Å². The van der Waals surface area contributed by atoms with Gasteiger partial charge in [-0.2, -0.15) is 5.10 Å². The van der Waals surface area contributed by atoms with Crippen molar-refractivity contribution in [2.75, 3.05) is 25.1 Å². The molecule has 9 nitrogen and oxygen atoms in total. The van der Waals surface area contributed by atoms with E-state index in [0.29, 0.717) is 53.1 Å². The summed E-state index contributed by atoms with van der Waals surface area (Å²) in [5, 5.41) is 17.8. The molecule has 10 heteroatoms. The smallest absolute Gasteiger partial charge is 0.156 e. The van der Waals surface area contributed by atoms with Gasteiger partial charge in [0.15, 0.2) is 5.82 Å². The molecule has 5 aromatic rings. The van der Waals surface area contributed by atoms with Gasteiger partial charge in [-0.3, -0.25) is 9.67 Å². The van der Waals surface area contributed by atoms with Crippen LogP contribution in [-0.4, -0.2) is 55.8 Å². The largest absolute Gasteiger partial charge is 0.489 e. The van der Waals surface area contributed by atoms with Crippen LogP contribution in [0.15, 0.2) is 61.3 Å². The molecule has 2 N–H and O–H groups in total. The summed E-state index contributed by atoms with van der Waals surface area (Å²) in [6.45, 7) is 3.70. The van der Waals surface area contributed by atoms with Crippen molar-refractivity contribution in [3.63, 3.8) is 0 Å². The van der Waals surface area contributed by atoms with E-state index in [4.69, 9.17) is 9.47 Å². The molecule has 3 aromatic heterocycles.